The molecule has 1 aromatic carbocycles. The fraction of sp³-hybridized carbons (Fsp3) is 0.526. The number of benzene rings is 1. The van der Waals surface area contributed by atoms with Gasteiger partial charge in [0.25, 0.3) is 0 Å². The van der Waals surface area contributed by atoms with Gasteiger partial charge in [-0.2, -0.15) is 0 Å². The zero-order valence-electron chi connectivity index (χ0n) is 14.5. The van der Waals surface area contributed by atoms with E-state index in [2.05, 4.69) is 28.3 Å². The molecule has 0 saturated carbocycles. The van der Waals surface area contributed by atoms with E-state index in [4.69, 9.17) is 10.1 Å². The van der Waals surface area contributed by atoms with Gasteiger partial charge in [0.2, 0.25) is 0 Å². The van der Waals surface area contributed by atoms with Gasteiger partial charge in [-0.05, 0) is 51.4 Å². The van der Waals surface area contributed by atoms with Crippen LogP contribution in [0.2, 0.25) is 0 Å². The molecule has 0 spiro atoms. The van der Waals surface area contributed by atoms with Crippen LogP contribution in [-0.2, 0) is 0 Å². The predicted octanol–water partition coefficient (Wildman–Crippen LogP) is 3.54. The molecule has 0 radical (unpaired) electrons. The van der Waals surface area contributed by atoms with E-state index in [1.54, 1.807) is 6.33 Å². The Morgan fingerprint density at radius 2 is 2.12 bits per heavy atom. The first-order valence-corrected chi connectivity index (χ1v) is 8.82. The molecule has 1 aliphatic heterocycles. The molecule has 0 unspecified atom stereocenters. The first kappa shape index (κ1) is 16.8. The maximum atomic E-state index is 7.78. The van der Waals surface area contributed by atoms with Crippen LogP contribution in [0, 0.1) is 11.3 Å². The number of nitrogens with zero attached hydrogens (tertiary/aromatic N) is 2. The van der Waals surface area contributed by atoms with E-state index in [1.165, 1.54) is 0 Å². The first-order valence-electron chi connectivity index (χ1n) is 8.82. The number of fused-ring (bicyclic) bond motifs is 1. The van der Waals surface area contributed by atoms with Crippen molar-refractivity contribution in [3.63, 3.8) is 0 Å². The van der Waals surface area contributed by atoms with Crippen molar-refractivity contribution in [2.75, 3.05) is 19.7 Å². The molecule has 2 heterocycles. The van der Waals surface area contributed by atoms with Crippen LogP contribution < -0.4 is 10.1 Å². The van der Waals surface area contributed by atoms with Gasteiger partial charge >= 0.3 is 0 Å². The Bertz CT molecular complexity index is 710. The minimum atomic E-state index is 0.177. The number of ether oxygens (including phenoxy) is 1. The lowest BCUT2D eigenvalue weighted by Crippen LogP contribution is -2.27. The lowest BCUT2D eigenvalue weighted by molar-refractivity contribution is 0.281. The van der Waals surface area contributed by atoms with Crippen molar-refractivity contribution < 1.29 is 4.74 Å². The largest absolute Gasteiger partial charge is 0.493 e. The minimum absolute atomic E-state index is 0.177. The van der Waals surface area contributed by atoms with Crippen molar-refractivity contribution in [1.82, 2.24) is 15.3 Å². The Balaban J connectivity index is 1.80. The summed E-state index contributed by atoms with van der Waals surface area (Å²) >= 11 is 0. The molecule has 5 heteroatoms. The molecule has 2 aromatic rings. The standard InChI is InChI=1S/C19H26N4O/c1-3-14(13(2)20)11-24-16-4-5-17-18(10-16)22-12-23-19(17)15-6-8-21-9-7-15/h4-5,10,12,14-15,20-21H,3,6-9,11H2,1-2H3/t14-/m1/s1. The Morgan fingerprint density at radius 1 is 1.33 bits per heavy atom. The molecule has 1 fully saturated rings. The van der Waals surface area contributed by atoms with Crippen molar-refractivity contribution in [3.8, 4) is 5.75 Å². The monoisotopic (exact) mass is 326 g/mol. The molecule has 0 aliphatic carbocycles. The molecule has 1 aliphatic rings. The fourth-order valence-corrected chi connectivity index (χ4v) is 3.31. The Labute approximate surface area is 143 Å². The summed E-state index contributed by atoms with van der Waals surface area (Å²) in [6, 6.07) is 6.08. The van der Waals surface area contributed by atoms with E-state index in [0.717, 1.165) is 54.7 Å². The van der Waals surface area contributed by atoms with Gasteiger partial charge in [-0.25, -0.2) is 9.97 Å². The van der Waals surface area contributed by atoms with Gasteiger partial charge in [-0.15, -0.1) is 0 Å². The first-order chi connectivity index (χ1) is 11.7. The molecule has 1 saturated heterocycles. The molecule has 0 amide bonds. The van der Waals surface area contributed by atoms with Crippen LogP contribution in [-0.4, -0.2) is 35.4 Å². The quantitative estimate of drug-likeness (QED) is 0.797. The number of piperidine rings is 1. The SMILES string of the molecule is CC[C@H](COc1ccc2c(C3CCNCC3)ncnc2c1)C(C)=N. The van der Waals surface area contributed by atoms with Crippen LogP contribution in [0.4, 0.5) is 0 Å². The molecule has 128 valence electrons. The second-order valence-corrected chi connectivity index (χ2v) is 6.56. The number of rotatable bonds is 6. The summed E-state index contributed by atoms with van der Waals surface area (Å²) in [6.45, 7) is 6.59. The lowest BCUT2D eigenvalue weighted by Gasteiger charge is -2.23. The van der Waals surface area contributed by atoms with Crippen LogP contribution >= 0.6 is 0 Å². The topological polar surface area (TPSA) is 70.9 Å². The third-order valence-electron chi connectivity index (χ3n) is 4.92. The van der Waals surface area contributed by atoms with Crippen molar-refractivity contribution in [2.24, 2.45) is 5.92 Å². The molecule has 1 aromatic heterocycles. The Morgan fingerprint density at radius 3 is 2.83 bits per heavy atom. The van der Waals surface area contributed by atoms with Gasteiger partial charge in [0, 0.05) is 29.0 Å². The van der Waals surface area contributed by atoms with E-state index in [0.29, 0.717) is 18.2 Å². The van der Waals surface area contributed by atoms with Crippen LogP contribution in [0.1, 0.15) is 44.7 Å². The molecular formula is C19H26N4O. The summed E-state index contributed by atoms with van der Waals surface area (Å²) in [7, 11) is 0. The van der Waals surface area contributed by atoms with E-state index in [9.17, 15) is 0 Å². The summed E-state index contributed by atoms with van der Waals surface area (Å²) in [5.74, 6) is 1.50. The number of hydrogen-bond donors (Lipinski definition) is 2. The zero-order valence-corrected chi connectivity index (χ0v) is 14.5. The van der Waals surface area contributed by atoms with E-state index in [1.807, 2.05) is 19.1 Å². The van der Waals surface area contributed by atoms with Crippen LogP contribution in [0.25, 0.3) is 10.9 Å². The summed E-state index contributed by atoms with van der Waals surface area (Å²) in [5, 5.41) is 12.3. The summed E-state index contributed by atoms with van der Waals surface area (Å²) in [4.78, 5) is 8.99. The maximum Gasteiger partial charge on any atom is 0.121 e. The number of nitrogens with one attached hydrogen (secondary N) is 2. The van der Waals surface area contributed by atoms with E-state index in [-0.39, 0.29) is 5.92 Å². The van der Waals surface area contributed by atoms with Gasteiger partial charge in [0.15, 0.2) is 0 Å². The molecular weight excluding hydrogens is 300 g/mol. The van der Waals surface area contributed by atoms with Gasteiger partial charge in [0.05, 0.1) is 17.8 Å². The zero-order chi connectivity index (χ0) is 16.9. The van der Waals surface area contributed by atoms with Gasteiger partial charge in [-0.1, -0.05) is 6.92 Å². The van der Waals surface area contributed by atoms with Gasteiger partial charge in [-0.3, -0.25) is 0 Å². The van der Waals surface area contributed by atoms with E-state index >= 15 is 0 Å². The van der Waals surface area contributed by atoms with Crippen molar-refractivity contribution in [2.45, 2.75) is 39.0 Å². The van der Waals surface area contributed by atoms with Crippen molar-refractivity contribution >= 4 is 16.6 Å². The second kappa shape index (κ2) is 7.71. The molecule has 5 nitrogen and oxygen atoms in total. The lowest BCUT2D eigenvalue weighted by atomic mass is 9.92. The average molecular weight is 326 g/mol. The normalized spacial score (nSPS) is 16.9. The van der Waals surface area contributed by atoms with Crippen LogP contribution in [0.15, 0.2) is 24.5 Å². The smallest absolute Gasteiger partial charge is 0.121 e. The molecule has 24 heavy (non-hydrogen) atoms. The van der Waals surface area contributed by atoms with Crippen LogP contribution in [0.3, 0.4) is 0 Å². The third-order valence-corrected chi connectivity index (χ3v) is 4.92. The molecule has 1 atom stereocenters. The molecule has 0 bridgehead atoms. The molecule has 3 rings (SSSR count). The second-order valence-electron chi connectivity index (χ2n) is 6.56. The fourth-order valence-electron chi connectivity index (χ4n) is 3.31. The highest BCUT2D eigenvalue weighted by molar-refractivity contribution is 5.83. The Kier molecular flexibility index (Phi) is 5.41. The minimum Gasteiger partial charge on any atom is -0.493 e. The van der Waals surface area contributed by atoms with E-state index < -0.39 is 0 Å². The highest BCUT2D eigenvalue weighted by Crippen LogP contribution is 2.30. The average Bonchev–Trinajstić information content (AvgIpc) is 2.62. The highest BCUT2D eigenvalue weighted by Gasteiger charge is 2.19. The number of hydrogen-bond acceptors (Lipinski definition) is 5. The van der Waals surface area contributed by atoms with Crippen LogP contribution in [0.5, 0.6) is 5.75 Å². The number of aromatic nitrogens is 2. The third kappa shape index (κ3) is 3.73. The predicted molar refractivity (Wildman–Crippen MR) is 97.1 cm³/mol. The maximum absolute atomic E-state index is 7.78. The summed E-state index contributed by atoms with van der Waals surface area (Å²) < 4.78 is 5.90. The summed E-state index contributed by atoms with van der Waals surface area (Å²) in [6.07, 6.45) is 4.84. The summed E-state index contributed by atoms with van der Waals surface area (Å²) in [5.41, 5.74) is 2.78. The Hall–Kier alpha value is -2.01. The van der Waals surface area contributed by atoms with Gasteiger partial charge in [0.1, 0.15) is 12.1 Å². The van der Waals surface area contributed by atoms with Crippen molar-refractivity contribution in [1.29, 1.82) is 5.41 Å². The highest BCUT2D eigenvalue weighted by atomic mass is 16.5. The van der Waals surface area contributed by atoms with Gasteiger partial charge < -0.3 is 15.5 Å². The molecule has 2 N–H and O–H groups in total. The van der Waals surface area contributed by atoms with Crippen molar-refractivity contribution in [3.05, 3.63) is 30.2 Å².